The Morgan fingerprint density at radius 3 is 2.09 bits per heavy atom. The van der Waals surface area contributed by atoms with Crippen molar-refractivity contribution < 1.29 is 9.05 Å². The molecule has 0 aliphatic rings. The van der Waals surface area contributed by atoms with E-state index in [-0.39, 0.29) is 8.81 Å². The van der Waals surface area contributed by atoms with Gasteiger partial charge in [-0.2, -0.15) is 0 Å². The van der Waals surface area contributed by atoms with E-state index in [4.69, 9.17) is 20.6 Å². The van der Waals surface area contributed by atoms with Gasteiger partial charge in [-0.1, -0.05) is 97.9 Å². The molecule has 2 nitrogen and oxygen atoms in total. The molecule has 0 aliphatic carbocycles. The molecule has 4 rings (SSSR count). The van der Waals surface area contributed by atoms with Crippen molar-refractivity contribution >= 4 is 51.4 Å². The second-order valence-electron chi connectivity index (χ2n) is 7.78. The fourth-order valence-corrected chi connectivity index (χ4v) is 5.10. The monoisotopic (exact) mass is 504 g/mol. The highest BCUT2D eigenvalue weighted by Crippen LogP contribution is 2.47. The van der Waals surface area contributed by atoms with E-state index in [1.54, 1.807) is 6.08 Å². The van der Waals surface area contributed by atoms with Gasteiger partial charge in [0.25, 0.3) is 0 Å². The van der Waals surface area contributed by atoms with Gasteiger partial charge in [0.2, 0.25) is 0 Å². The SMILES string of the molecule is C=C/C=C(/Cl)C/C=C(\CC)POc1ccc2ccccc2c1-c1c(OP)ccc2ccccc12. The predicted octanol–water partition coefficient (Wildman–Crippen LogP) is 9.79. The molecular weight excluding hydrogens is 478 g/mol. The predicted molar refractivity (Wildman–Crippen MR) is 153 cm³/mol. The van der Waals surface area contributed by atoms with E-state index in [0.717, 1.165) is 55.6 Å². The van der Waals surface area contributed by atoms with Gasteiger partial charge in [0.05, 0.1) is 9.47 Å². The van der Waals surface area contributed by atoms with Crippen LogP contribution in [-0.2, 0) is 0 Å². The summed E-state index contributed by atoms with van der Waals surface area (Å²) in [5, 5.41) is 6.54. The second-order valence-corrected chi connectivity index (χ2v) is 9.55. The number of hydrogen-bond acceptors (Lipinski definition) is 2. The lowest BCUT2D eigenvalue weighted by Crippen LogP contribution is -1.92. The summed E-state index contributed by atoms with van der Waals surface area (Å²) < 4.78 is 12.3. The van der Waals surface area contributed by atoms with Gasteiger partial charge in [-0.25, -0.2) is 0 Å². The molecule has 0 radical (unpaired) electrons. The largest absolute Gasteiger partial charge is 0.480 e. The molecule has 0 spiro atoms. The third-order valence-electron chi connectivity index (χ3n) is 5.67. The summed E-state index contributed by atoms with van der Waals surface area (Å²) in [6.45, 7) is 5.85. The molecule has 0 N–H and O–H groups in total. The first kappa shape index (κ1) is 24.5. The van der Waals surface area contributed by atoms with E-state index >= 15 is 0 Å². The molecule has 0 fully saturated rings. The molecule has 0 saturated carbocycles. The second kappa shape index (κ2) is 11.7. The van der Waals surface area contributed by atoms with Crippen LogP contribution in [0.4, 0.5) is 0 Å². The van der Waals surface area contributed by atoms with Crippen LogP contribution in [0.2, 0.25) is 0 Å². The average Bonchev–Trinajstić information content (AvgIpc) is 2.88. The van der Waals surface area contributed by atoms with Crippen molar-refractivity contribution in [3.05, 3.63) is 108 Å². The summed E-state index contributed by atoms with van der Waals surface area (Å²) in [6, 6.07) is 25.1. The Balaban J connectivity index is 1.84. The Labute approximate surface area is 210 Å². The molecule has 0 bridgehead atoms. The molecule has 0 amide bonds. The zero-order valence-corrected chi connectivity index (χ0v) is 22.0. The minimum Gasteiger partial charge on any atom is -0.480 e. The Bertz CT molecular complexity index is 1390. The lowest BCUT2D eigenvalue weighted by molar-refractivity contribution is 0.632. The highest BCUT2D eigenvalue weighted by Gasteiger charge is 2.19. The van der Waals surface area contributed by atoms with E-state index < -0.39 is 0 Å². The van der Waals surface area contributed by atoms with Gasteiger partial charge >= 0.3 is 0 Å². The van der Waals surface area contributed by atoms with E-state index in [1.165, 1.54) is 5.31 Å². The molecule has 4 aromatic rings. The van der Waals surface area contributed by atoms with Gasteiger partial charge in [-0.05, 0) is 51.5 Å². The van der Waals surface area contributed by atoms with Crippen LogP contribution in [0.3, 0.4) is 0 Å². The van der Waals surface area contributed by atoms with E-state index in [0.29, 0.717) is 6.42 Å². The highest BCUT2D eigenvalue weighted by atomic mass is 35.5. The third kappa shape index (κ3) is 5.37. The highest BCUT2D eigenvalue weighted by molar-refractivity contribution is 7.38. The summed E-state index contributed by atoms with van der Waals surface area (Å²) in [7, 11) is 2.58. The van der Waals surface area contributed by atoms with Gasteiger partial charge in [0, 0.05) is 22.6 Å². The molecule has 0 aromatic heterocycles. The maximum Gasteiger partial charge on any atom is 0.132 e. The summed E-state index contributed by atoms with van der Waals surface area (Å²) in [6.07, 6.45) is 7.25. The Morgan fingerprint density at radius 2 is 1.50 bits per heavy atom. The first-order valence-electron chi connectivity index (χ1n) is 11.2. The van der Waals surface area contributed by atoms with Crippen molar-refractivity contribution in [2.24, 2.45) is 0 Å². The fourth-order valence-electron chi connectivity index (χ4n) is 4.00. The lowest BCUT2D eigenvalue weighted by atomic mass is 9.92. The smallest absolute Gasteiger partial charge is 0.132 e. The van der Waals surface area contributed by atoms with Crippen molar-refractivity contribution in [2.45, 2.75) is 19.8 Å². The minimum atomic E-state index is 0.193. The molecule has 172 valence electrons. The van der Waals surface area contributed by atoms with Crippen LogP contribution in [0, 0.1) is 0 Å². The topological polar surface area (TPSA) is 18.5 Å². The van der Waals surface area contributed by atoms with Crippen molar-refractivity contribution in [1.82, 2.24) is 0 Å². The zero-order chi connectivity index (χ0) is 23.9. The maximum atomic E-state index is 6.51. The van der Waals surface area contributed by atoms with Crippen LogP contribution < -0.4 is 9.05 Å². The van der Waals surface area contributed by atoms with Gasteiger partial charge < -0.3 is 9.05 Å². The zero-order valence-electron chi connectivity index (χ0n) is 19.1. The Hall–Kier alpha value is -2.63. The lowest BCUT2D eigenvalue weighted by Gasteiger charge is -2.19. The number of halogens is 1. The van der Waals surface area contributed by atoms with E-state index in [9.17, 15) is 0 Å². The molecule has 34 heavy (non-hydrogen) atoms. The van der Waals surface area contributed by atoms with Gasteiger partial charge in [0.15, 0.2) is 0 Å². The molecule has 5 heteroatoms. The molecule has 2 atom stereocenters. The summed E-state index contributed by atoms with van der Waals surface area (Å²) >= 11 is 6.25. The third-order valence-corrected chi connectivity index (χ3v) is 7.35. The van der Waals surface area contributed by atoms with Crippen LogP contribution >= 0.6 is 29.9 Å². The Morgan fingerprint density at radius 1 is 0.912 bits per heavy atom. The average molecular weight is 505 g/mol. The van der Waals surface area contributed by atoms with Gasteiger partial charge in [-0.3, -0.25) is 0 Å². The summed E-state index contributed by atoms with van der Waals surface area (Å²) in [5.41, 5.74) is 2.07. The number of hydrogen-bond donors (Lipinski definition) is 0. The van der Waals surface area contributed by atoms with Crippen molar-refractivity contribution in [2.75, 3.05) is 0 Å². The fraction of sp³-hybridized carbons (Fsp3) is 0.103. The van der Waals surface area contributed by atoms with Crippen LogP contribution in [0.1, 0.15) is 19.8 Å². The summed E-state index contributed by atoms with van der Waals surface area (Å²) in [5.74, 6) is 1.63. The molecule has 0 heterocycles. The number of rotatable bonds is 9. The van der Waals surface area contributed by atoms with E-state index in [2.05, 4.69) is 95.8 Å². The first-order valence-corrected chi connectivity index (χ1v) is 12.9. The molecule has 2 unspecified atom stereocenters. The van der Waals surface area contributed by atoms with E-state index in [1.807, 2.05) is 12.1 Å². The Kier molecular flexibility index (Phi) is 8.41. The quantitative estimate of drug-likeness (QED) is 0.167. The normalized spacial score (nSPS) is 12.6. The molecule has 0 aliphatic heterocycles. The van der Waals surface area contributed by atoms with Gasteiger partial charge in [-0.15, -0.1) is 0 Å². The first-order chi connectivity index (χ1) is 16.7. The van der Waals surface area contributed by atoms with Crippen molar-refractivity contribution in [3.63, 3.8) is 0 Å². The van der Waals surface area contributed by atoms with Crippen molar-refractivity contribution in [3.8, 4) is 22.6 Å². The number of fused-ring (bicyclic) bond motifs is 2. The number of allylic oxidation sites excluding steroid dienone is 5. The van der Waals surface area contributed by atoms with Crippen LogP contribution in [-0.4, -0.2) is 0 Å². The summed E-state index contributed by atoms with van der Waals surface area (Å²) in [4.78, 5) is 0. The van der Waals surface area contributed by atoms with Gasteiger partial charge in [0.1, 0.15) is 20.3 Å². The molecule has 4 aromatic carbocycles. The molecule has 0 saturated heterocycles. The minimum absolute atomic E-state index is 0.193. The maximum absolute atomic E-state index is 6.51. The molecular formula is C29H27ClO2P2. The van der Waals surface area contributed by atoms with Crippen LogP contribution in [0.15, 0.2) is 108 Å². The standard InChI is InChI=1S/C29H27ClO2P2/c1-3-9-22(30)16-17-23(4-2)34-32-27-19-15-21-11-6-8-13-25(21)29(27)28-24-12-7-5-10-20(24)14-18-26(28)31-33/h3,5-15,17-19,34H,1,4,16,33H2,2H3/b22-9+,23-17+. The van der Waals surface area contributed by atoms with Crippen LogP contribution in [0.5, 0.6) is 11.5 Å². The number of benzene rings is 4. The van der Waals surface area contributed by atoms with Crippen LogP contribution in [0.25, 0.3) is 32.7 Å². The van der Waals surface area contributed by atoms with Crippen molar-refractivity contribution in [1.29, 1.82) is 0 Å².